The number of sulfonamides is 1. The molecule has 3 rings (SSSR count). The summed E-state index contributed by atoms with van der Waals surface area (Å²) in [6.45, 7) is 2.48. The summed E-state index contributed by atoms with van der Waals surface area (Å²) in [6.07, 6.45) is 3.91. The molecule has 2 heterocycles. The van der Waals surface area contributed by atoms with Crippen LogP contribution in [0.5, 0.6) is 0 Å². The topological polar surface area (TPSA) is 101 Å². The van der Waals surface area contributed by atoms with Crippen molar-refractivity contribution in [1.29, 1.82) is 0 Å². The van der Waals surface area contributed by atoms with E-state index in [4.69, 9.17) is 4.42 Å². The van der Waals surface area contributed by atoms with Crippen LogP contribution in [0.2, 0.25) is 0 Å². The average molecular weight is 389 g/mol. The summed E-state index contributed by atoms with van der Waals surface area (Å²) in [5.74, 6) is 1.18. The first-order valence-electron chi connectivity index (χ1n) is 8.93. The molecule has 1 aromatic heterocycles. The lowest BCUT2D eigenvalue weighted by Crippen LogP contribution is -2.28. The zero-order valence-electron chi connectivity index (χ0n) is 15.1. The molecule has 1 aliphatic rings. The van der Waals surface area contributed by atoms with Crippen LogP contribution in [0.25, 0.3) is 0 Å². The van der Waals surface area contributed by atoms with Crippen LogP contribution >= 0.6 is 0 Å². The molecule has 1 aliphatic heterocycles. The highest BCUT2D eigenvalue weighted by Gasteiger charge is 2.25. The third kappa shape index (κ3) is 5.19. The number of rotatable bonds is 8. The summed E-state index contributed by atoms with van der Waals surface area (Å²) in [6, 6.07) is 10.4. The molecule has 7 nitrogen and oxygen atoms in total. The van der Waals surface area contributed by atoms with E-state index in [-0.39, 0.29) is 16.7 Å². The Bertz CT molecular complexity index is 920. The molecule has 0 radical (unpaired) electrons. The summed E-state index contributed by atoms with van der Waals surface area (Å²) in [5, 5.41) is 5.94. The molecule has 0 saturated carbocycles. The van der Waals surface area contributed by atoms with Gasteiger partial charge in [0.1, 0.15) is 16.5 Å². The third-order valence-electron chi connectivity index (χ3n) is 4.25. The molecule has 0 fully saturated rings. The van der Waals surface area contributed by atoms with E-state index in [1.165, 1.54) is 6.07 Å². The van der Waals surface area contributed by atoms with Crippen LogP contribution in [-0.4, -0.2) is 26.7 Å². The van der Waals surface area contributed by atoms with Gasteiger partial charge in [-0.1, -0.05) is 19.1 Å². The number of furan rings is 1. The summed E-state index contributed by atoms with van der Waals surface area (Å²) < 4.78 is 33.6. The Balaban J connectivity index is 1.45. The molecule has 0 spiro atoms. The highest BCUT2D eigenvalue weighted by atomic mass is 32.2. The summed E-state index contributed by atoms with van der Waals surface area (Å²) in [4.78, 5) is 12.2. The number of hydrogen-bond donors (Lipinski definition) is 2. The van der Waals surface area contributed by atoms with Gasteiger partial charge >= 0.3 is 0 Å². The molecule has 8 heteroatoms. The van der Waals surface area contributed by atoms with Gasteiger partial charge in [0.2, 0.25) is 5.91 Å². The van der Waals surface area contributed by atoms with Crippen molar-refractivity contribution in [1.82, 2.24) is 5.32 Å². The van der Waals surface area contributed by atoms with Crippen molar-refractivity contribution in [2.75, 3.05) is 11.9 Å². The Morgan fingerprint density at radius 1 is 1.26 bits per heavy atom. The van der Waals surface area contributed by atoms with Crippen molar-refractivity contribution in [2.24, 2.45) is 10.3 Å². The molecular weight excluding hydrogens is 366 g/mol. The predicted molar refractivity (Wildman–Crippen MR) is 103 cm³/mol. The SMILES string of the molecule is CC(CC(=O)NCCCc1ccco1)CC1=NS(=O)(=O)c2ccccc2N1. The molecule has 1 atom stereocenters. The van der Waals surface area contributed by atoms with Gasteiger partial charge in [-0.25, -0.2) is 0 Å². The first-order valence-corrected chi connectivity index (χ1v) is 10.4. The van der Waals surface area contributed by atoms with E-state index in [2.05, 4.69) is 15.0 Å². The number of hydrogen-bond acceptors (Lipinski definition) is 5. The number of benzene rings is 1. The number of carbonyl (C=O) groups excluding carboxylic acids is 1. The lowest BCUT2D eigenvalue weighted by molar-refractivity contribution is -0.121. The molecule has 1 amide bonds. The number of carbonyl (C=O) groups is 1. The number of anilines is 1. The Morgan fingerprint density at radius 2 is 2.07 bits per heavy atom. The van der Waals surface area contributed by atoms with Gasteiger partial charge in [0.15, 0.2) is 0 Å². The number of amides is 1. The standard InChI is InChI=1S/C19H23N3O4S/c1-14(13-19(23)20-10-4-6-15-7-5-11-26-15)12-18-21-16-8-2-3-9-17(16)27(24,25)22-18/h2-3,5,7-9,11,14H,4,6,10,12-13H2,1H3,(H,20,23)(H,21,22). The molecule has 1 unspecified atom stereocenters. The molecule has 1 aromatic carbocycles. The molecular formula is C19H23N3O4S. The van der Waals surface area contributed by atoms with Gasteiger partial charge in [0.25, 0.3) is 10.0 Å². The van der Waals surface area contributed by atoms with E-state index in [0.29, 0.717) is 30.9 Å². The van der Waals surface area contributed by atoms with Gasteiger partial charge in [-0.15, -0.1) is 4.40 Å². The van der Waals surface area contributed by atoms with Crippen molar-refractivity contribution in [3.63, 3.8) is 0 Å². The molecule has 2 aromatic rings. The lowest BCUT2D eigenvalue weighted by atomic mass is 10.0. The van der Waals surface area contributed by atoms with Crippen LogP contribution in [0.1, 0.15) is 31.9 Å². The second kappa shape index (κ2) is 8.39. The fraction of sp³-hybridized carbons (Fsp3) is 0.368. The largest absolute Gasteiger partial charge is 0.469 e. The van der Waals surface area contributed by atoms with Crippen LogP contribution in [0.4, 0.5) is 5.69 Å². The third-order valence-corrected chi connectivity index (χ3v) is 5.62. The number of fused-ring (bicyclic) bond motifs is 1. The highest BCUT2D eigenvalue weighted by molar-refractivity contribution is 7.90. The van der Waals surface area contributed by atoms with Crippen LogP contribution in [0, 0.1) is 5.92 Å². The Morgan fingerprint density at radius 3 is 2.85 bits per heavy atom. The second-order valence-corrected chi connectivity index (χ2v) is 8.25. The second-order valence-electron chi connectivity index (χ2n) is 6.68. The van der Waals surface area contributed by atoms with Crippen molar-refractivity contribution in [3.8, 4) is 0 Å². The van der Waals surface area contributed by atoms with E-state index in [1.54, 1.807) is 24.5 Å². The molecule has 0 aliphatic carbocycles. The zero-order chi connectivity index (χ0) is 19.3. The Hall–Kier alpha value is -2.61. The van der Waals surface area contributed by atoms with Gasteiger partial charge in [0.05, 0.1) is 12.0 Å². The van der Waals surface area contributed by atoms with Gasteiger partial charge in [-0.2, -0.15) is 8.42 Å². The summed E-state index contributed by atoms with van der Waals surface area (Å²) >= 11 is 0. The van der Waals surface area contributed by atoms with E-state index in [1.807, 2.05) is 19.1 Å². The Kier molecular flexibility index (Phi) is 5.95. The maximum Gasteiger partial charge on any atom is 0.286 e. The fourth-order valence-corrected chi connectivity index (χ4v) is 4.15. The maximum atomic E-state index is 12.2. The number of nitrogens with one attached hydrogen (secondary N) is 2. The Labute approximate surface area is 158 Å². The van der Waals surface area contributed by atoms with Crippen molar-refractivity contribution < 1.29 is 17.6 Å². The quantitative estimate of drug-likeness (QED) is 0.676. The van der Waals surface area contributed by atoms with E-state index in [9.17, 15) is 13.2 Å². The number of para-hydroxylation sites is 1. The van der Waals surface area contributed by atoms with Gasteiger partial charge in [-0.3, -0.25) is 4.79 Å². The normalized spacial score (nSPS) is 16.0. The predicted octanol–water partition coefficient (Wildman–Crippen LogP) is 2.96. The zero-order valence-corrected chi connectivity index (χ0v) is 16.0. The van der Waals surface area contributed by atoms with E-state index < -0.39 is 10.0 Å². The molecule has 0 saturated heterocycles. The first-order chi connectivity index (χ1) is 12.9. The molecule has 27 heavy (non-hydrogen) atoms. The van der Waals surface area contributed by atoms with Crippen LogP contribution in [0.3, 0.4) is 0 Å². The van der Waals surface area contributed by atoms with Crippen molar-refractivity contribution in [2.45, 2.75) is 37.5 Å². The molecule has 144 valence electrons. The lowest BCUT2D eigenvalue weighted by Gasteiger charge is -2.20. The average Bonchev–Trinajstić information content (AvgIpc) is 3.11. The monoisotopic (exact) mass is 389 g/mol. The van der Waals surface area contributed by atoms with E-state index >= 15 is 0 Å². The number of aryl methyl sites for hydroxylation is 1. The van der Waals surface area contributed by atoms with Crippen molar-refractivity contribution in [3.05, 3.63) is 48.4 Å². The van der Waals surface area contributed by atoms with E-state index in [0.717, 1.165) is 18.6 Å². The maximum absolute atomic E-state index is 12.2. The first kappa shape index (κ1) is 19.2. The van der Waals surface area contributed by atoms with Crippen LogP contribution < -0.4 is 10.6 Å². The smallest absolute Gasteiger partial charge is 0.286 e. The number of nitrogens with zero attached hydrogens (tertiary/aromatic N) is 1. The highest BCUT2D eigenvalue weighted by Crippen LogP contribution is 2.28. The minimum absolute atomic E-state index is 0.0400. The summed E-state index contributed by atoms with van der Waals surface area (Å²) in [5.41, 5.74) is 0.525. The van der Waals surface area contributed by atoms with Gasteiger partial charge in [-0.05, 0) is 36.6 Å². The molecule has 0 bridgehead atoms. The molecule has 2 N–H and O–H groups in total. The summed E-state index contributed by atoms with van der Waals surface area (Å²) in [7, 11) is -3.69. The van der Waals surface area contributed by atoms with Gasteiger partial charge in [0, 0.05) is 25.8 Å². The van der Waals surface area contributed by atoms with Crippen LogP contribution in [0.15, 0.2) is 56.4 Å². The van der Waals surface area contributed by atoms with Crippen molar-refractivity contribution >= 4 is 27.5 Å². The number of amidine groups is 1. The fourth-order valence-electron chi connectivity index (χ4n) is 2.99. The van der Waals surface area contributed by atoms with Crippen LogP contribution in [-0.2, 0) is 21.2 Å². The van der Waals surface area contributed by atoms with Gasteiger partial charge < -0.3 is 15.1 Å². The minimum Gasteiger partial charge on any atom is -0.469 e. The minimum atomic E-state index is -3.69.